The van der Waals surface area contributed by atoms with Crippen LogP contribution in [0.2, 0.25) is 0 Å². The van der Waals surface area contributed by atoms with Gasteiger partial charge in [0.1, 0.15) is 23.0 Å². The summed E-state index contributed by atoms with van der Waals surface area (Å²) in [6.45, 7) is 5.63. The Morgan fingerprint density at radius 1 is 1.20 bits per heavy atom. The van der Waals surface area contributed by atoms with Crippen LogP contribution in [-0.4, -0.2) is 10.5 Å². The van der Waals surface area contributed by atoms with E-state index >= 15 is 0 Å². The minimum atomic E-state index is -0.313. The molecule has 1 N–H and O–H groups in total. The van der Waals surface area contributed by atoms with Gasteiger partial charge in [-0.15, -0.1) is 0 Å². The average molecular weight is 333 g/mol. The predicted octanol–water partition coefficient (Wildman–Crippen LogP) is 4.05. The van der Waals surface area contributed by atoms with Crippen molar-refractivity contribution in [3.05, 3.63) is 76.8 Å². The van der Waals surface area contributed by atoms with Crippen molar-refractivity contribution in [2.75, 3.05) is 0 Å². The molecule has 1 amide bonds. The zero-order valence-corrected chi connectivity index (χ0v) is 14.4. The molecule has 1 aromatic carbocycles. The second-order valence-corrected chi connectivity index (χ2v) is 5.97. The first-order chi connectivity index (χ1) is 12.0. The van der Waals surface area contributed by atoms with Crippen LogP contribution in [0.5, 0.6) is 0 Å². The molecule has 0 fully saturated rings. The number of aryl methyl sites for hydroxylation is 2. The number of carbonyl (C=O) groups excluding carboxylic acids is 1. The predicted molar refractivity (Wildman–Crippen MR) is 94.5 cm³/mol. The van der Waals surface area contributed by atoms with E-state index in [4.69, 9.17) is 4.42 Å². The number of aromatic nitrogens is 1. The van der Waals surface area contributed by atoms with E-state index in [0.717, 1.165) is 11.1 Å². The van der Waals surface area contributed by atoms with Gasteiger partial charge in [0.25, 0.3) is 5.91 Å². The molecule has 0 aliphatic rings. The van der Waals surface area contributed by atoms with Crippen molar-refractivity contribution in [1.29, 1.82) is 5.26 Å². The molecular formula is C20H19N3O2. The molecule has 0 spiro atoms. The summed E-state index contributed by atoms with van der Waals surface area (Å²) in [5.41, 5.74) is 2.67. The van der Waals surface area contributed by atoms with Crippen molar-refractivity contribution < 1.29 is 9.21 Å². The number of carbonyl (C=O) groups is 1. The van der Waals surface area contributed by atoms with Crippen LogP contribution in [0, 0.1) is 25.2 Å². The lowest BCUT2D eigenvalue weighted by Gasteiger charge is -2.16. The van der Waals surface area contributed by atoms with Crippen LogP contribution < -0.4 is 5.32 Å². The number of benzene rings is 1. The van der Waals surface area contributed by atoms with Crippen LogP contribution in [0.1, 0.15) is 45.8 Å². The average Bonchev–Trinajstić information content (AvgIpc) is 3.22. The molecule has 2 heterocycles. The van der Waals surface area contributed by atoms with E-state index in [-0.39, 0.29) is 23.1 Å². The highest BCUT2D eigenvalue weighted by atomic mass is 16.4. The molecule has 3 rings (SSSR count). The van der Waals surface area contributed by atoms with Gasteiger partial charge in [0.05, 0.1) is 6.04 Å². The summed E-state index contributed by atoms with van der Waals surface area (Å²) >= 11 is 0. The van der Waals surface area contributed by atoms with Crippen molar-refractivity contribution in [3.63, 3.8) is 0 Å². The van der Waals surface area contributed by atoms with E-state index in [1.807, 2.05) is 50.2 Å². The fourth-order valence-corrected chi connectivity index (χ4v) is 2.98. The Balaban J connectivity index is 1.93. The minimum absolute atomic E-state index is 0.176. The summed E-state index contributed by atoms with van der Waals surface area (Å²) in [6.07, 6.45) is 3.55. The maximum absolute atomic E-state index is 12.8. The Hall–Kier alpha value is -3.26. The van der Waals surface area contributed by atoms with Gasteiger partial charge in [-0.1, -0.05) is 24.3 Å². The first-order valence-electron chi connectivity index (χ1n) is 8.06. The lowest BCUT2D eigenvalue weighted by atomic mass is 10.0. The van der Waals surface area contributed by atoms with Crippen LogP contribution in [0.15, 0.2) is 53.2 Å². The summed E-state index contributed by atoms with van der Waals surface area (Å²) in [5, 5.41) is 12.5. The Bertz CT molecular complexity index is 946. The molecule has 0 bridgehead atoms. The van der Waals surface area contributed by atoms with Gasteiger partial charge in [-0.2, -0.15) is 5.26 Å². The molecule has 5 nitrogen and oxygen atoms in total. The zero-order valence-electron chi connectivity index (χ0n) is 14.4. The van der Waals surface area contributed by atoms with Crippen molar-refractivity contribution >= 4 is 5.91 Å². The fraction of sp³-hybridized carbons (Fsp3) is 0.200. The van der Waals surface area contributed by atoms with E-state index < -0.39 is 0 Å². The first kappa shape index (κ1) is 16.6. The second kappa shape index (κ2) is 6.70. The molecule has 2 aromatic heterocycles. The Morgan fingerprint density at radius 2 is 1.88 bits per heavy atom. The van der Waals surface area contributed by atoms with Crippen molar-refractivity contribution in [1.82, 2.24) is 9.88 Å². The highest BCUT2D eigenvalue weighted by molar-refractivity contribution is 5.98. The quantitative estimate of drug-likeness (QED) is 0.783. The van der Waals surface area contributed by atoms with Gasteiger partial charge in [0, 0.05) is 12.4 Å². The molecule has 0 aliphatic carbocycles. The van der Waals surface area contributed by atoms with Crippen LogP contribution >= 0.6 is 0 Å². The topological polar surface area (TPSA) is 71.0 Å². The molecular weight excluding hydrogens is 314 g/mol. The van der Waals surface area contributed by atoms with Crippen LogP contribution in [0.3, 0.4) is 0 Å². The van der Waals surface area contributed by atoms with E-state index in [2.05, 4.69) is 11.4 Å². The number of nitrogens with one attached hydrogen (secondary N) is 1. The first-order valence-corrected chi connectivity index (χ1v) is 8.06. The maximum atomic E-state index is 12.8. The van der Waals surface area contributed by atoms with Crippen molar-refractivity contribution in [2.24, 2.45) is 0 Å². The molecule has 0 saturated heterocycles. The molecule has 0 unspecified atom stereocenters. The Kier molecular flexibility index (Phi) is 4.44. The van der Waals surface area contributed by atoms with Gasteiger partial charge in [-0.3, -0.25) is 9.36 Å². The Morgan fingerprint density at radius 3 is 2.52 bits per heavy atom. The lowest BCUT2D eigenvalue weighted by molar-refractivity contribution is 0.0938. The van der Waals surface area contributed by atoms with Gasteiger partial charge >= 0.3 is 0 Å². The van der Waals surface area contributed by atoms with Gasteiger partial charge < -0.3 is 9.73 Å². The molecule has 5 heteroatoms. The number of furan rings is 1. The molecule has 0 radical (unpaired) electrons. The summed E-state index contributed by atoms with van der Waals surface area (Å²) < 4.78 is 7.38. The maximum Gasteiger partial charge on any atom is 0.256 e. The largest absolute Gasteiger partial charge is 0.443 e. The van der Waals surface area contributed by atoms with Crippen LogP contribution in [0.4, 0.5) is 0 Å². The summed E-state index contributed by atoms with van der Waals surface area (Å²) in [6, 6.07) is 13.5. The molecule has 25 heavy (non-hydrogen) atoms. The second-order valence-electron chi connectivity index (χ2n) is 5.97. The Labute approximate surface area is 146 Å². The standard InChI is InChI=1S/C20H19N3O2/c1-13-8-4-5-9-16(13)14(2)22-19(24)18-15(3)25-20(17(18)12-21)23-10-6-7-11-23/h4-11,14H,1-3H3,(H,22,24)/t14-/m0/s1. The zero-order chi connectivity index (χ0) is 18.0. The van der Waals surface area contributed by atoms with Gasteiger partial charge in [0.2, 0.25) is 5.88 Å². The third-order valence-electron chi connectivity index (χ3n) is 4.25. The smallest absolute Gasteiger partial charge is 0.256 e. The molecule has 0 saturated carbocycles. The number of hydrogen-bond donors (Lipinski definition) is 1. The fourth-order valence-electron chi connectivity index (χ4n) is 2.98. The van der Waals surface area contributed by atoms with E-state index in [0.29, 0.717) is 11.6 Å². The third kappa shape index (κ3) is 3.07. The molecule has 1 atom stereocenters. The SMILES string of the molecule is Cc1ccccc1[C@H](C)NC(=O)c1c(C)oc(-n2cccc2)c1C#N. The van der Waals surface area contributed by atoms with Crippen molar-refractivity contribution in [2.45, 2.75) is 26.8 Å². The molecule has 126 valence electrons. The molecule has 0 aliphatic heterocycles. The lowest BCUT2D eigenvalue weighted by Crippen LogP contribution is -2.28. The van der Waals surface area contributed by atoms with Gasteiger partial charge in [0.15, 0.2) is 0 Å². The van der Waals surface area contributed by atoms with E-state index in [1.54, 1.807) is 23.9 Å². The van der Waals surface area contributed by atoms with Crippen LogP contribution in [-0.2, 0) is 0 Å². The van der Waals surface area contributed by atoms with Gasteiger partial charge in [-0.05, 0) is 44.0 Å². The van der Waals surface area contributed by atoms with E-state index in [1.165, 1.54) is 0 Å². The third-order valence-corrected chi connectivity index (χ3v) is 4.25. The summed E-state index contributed by atoms with van der Waals surface area (Å²) in [4.78, 5) is 12.8. The number of rotatable bonds is 4. The summed E-state index contributed by atoms with van der Waals surface area (Å²) in [5.74, 6) is 0.473. The van der Waals surface area contributed by atoms with Gasteiger partial charge in [-0.25, -0.2) is 0 Å². The molecule has 3 aromatic rings. The number of nitrogens with zero attached hydrogens (tertiary/aromatic N) is 2. The highest BCUT2D eigenvalue weighted by Crippen LogP contribution is 2.26. The van der Waals surface area contributed by atoms with Crippen LogP contribution in [0.25, 0.3) is 5.88 Å². The highest BCUT2D eigenvalue weighted by Gasteiger charge is 2.25. The van der Waals surface area contributed by atoms with Crippen molar-refractivity contribution in [3.8, 4) is 12.0 Å². The monoisotopic (exact) mass is 333 g/mol. The number of amides is 1. The number of hydrogen-bond acceptors (Lipinski definition) is 3. The summed E-state index contributed by atoms with van der Waals surface area (Å²) in [7, 11) is 0. The van der Waals surface area contributed by atoms with E-state index in [9.17, 15) is 10.1 Å². The number of nitriles is 1. The minimum Gasteiger partial charge on any atom is -0.443 e. The normalized spacial score (nSPS) is 11.8.